The van der Waals surface area contributed by atoms with Crippen LogP contribution >= 0.6 is 0 Å². The molecule has 33 heavy (non-hydrogen) atoms. The van der Waals surface area contributed by atoms with E-state index >= 15 is 0 Å². The highest BCUT2D eigenvalue weighted by Gasteiger charge is 2.29. The van der Waals surface area contributed by atoms with Crippen molar-refractivity contribution in [1.82, 2.24) is 10.2 Å². The van der Waals surface area contributed by atoms with Gasteiger partial charge in [0.05, 0.1) is 0 Å². The highest BCUT2D eigenvalue weighted by atomic mass is 16.2. The van der Waals surface area contributed by atoms with Crippen LogP contribution in [0, 0.1) is 5.92 Å². The first-order chi connectivity index (χ1) is 16.0. The third-order valence-electron chi connectivity index (χ3n) is 5.83. The predicted octanol–water partition coefficient (Wildman–Crippen LogP) is 5.40. The molecule has 0 saturated heterocycles. The average Bonchev–Trinajstić information content (AvgIpc) is 2.85. The molecule has 3 aromatic carbocycles. The van der Waals surface area contributed by atoms with Crippen molar-refractivity contribution in [3.8, 4) is 0 Å². The van der Waals surface area contributed by atoms with Gasteiger partial charge in [0.15, 0.2) is 0 Å². The second kappa shape index (κ2) is 12.0. The lowest BCUT2D eigenvalue weighted by Gasteiger charge is -2.31. The van der Waals surface area contributed by atoms with Crippen LogP contribution in [0.4, 0.5) is 0 Å². The zero-order valence-corrected chi connectivity index (χ0v) is 19.8. The van der Waals surface area contributed by atoms with Crippen molar-refractivity contribution < 1.29 is 9.59 Å². The van der Waals surface area contributed by atoms with Crippen LogP contribution in [0.3, 0.4) is 0 Å². The standard InChI is InChI=1S/C29H34N2O2/c1-22(2)20-30-29(33)23(3)31(21-24-13-7-4-8-14-24)28(32)19-27(25-15-9-5-10-16-25)26-17-11-6-12-18-26/h4-18,22-23,27H,19-21H2,1-3H3,(H,30,33). The monoisotopic (exact) mass is 442 g/mol. The summed E-state index contributed by atoms with van der Waals surface area (Å²) in [5, 5.41) is 2.99. The first kappa shape index (κ1) is 24.2. The fourth-order valence-electron chi connectivity index (χ4n) is 3.91. The lowest BCUT2D eigenvalue weighted by Crippen LogP contribution is -2.48. The van der Waals surface area contributed by atoms with Crippen LogP contribution in [0.1, 0.15) is 49.8 Å². The van der Waals surface area contributed by atoms with Gasteiger partial charge < -0.3 is 10.2 Å². The van der Waals surface area contributed by atoms with Gasteiger partial charge in [0.2, 0.25) is 11.8 Å². The highest BCUT2D eigenvalue weighted by molar-refractivity contribution is 5.87. The van der Waals surface area contributed by atoms with Gasteiger partial charge in [-0.05, 0) is 29.5 Å². The Kier molecular flexibility index (Phi) is 8.82. The molecule has 1 N–H and O–H groups in total. The predicted molar refractivity (Wildman–Crippen MR) is 134 cm³/mol. The summed E-state index contributed by atoms with van der Waals surface area (Å²) in [5.74, 6) is 0.108. The van der Waals surface area contributed by atoms with Crippen LogP contribution in [0.5, 0.6) is 0 Å². The molecular weight excluding hydrogens is 408 g/mol. The highest BCUT2D eigenvalue weighted by Crippen LogP contribution is 2.29. The van der Waals surface area contributed by atoms with E-state index < -0.39 is 6.04 Å². The molecule has 4 nitrogen and oxygen atoms in total. The number of carbonyl (C=O) groups excluding carboxylic acids is 2. The molecule has 0 aliphatic carbocycles. The molecule has 0 aliphatic heterocycles. The zero-order valence-electron chi connectivity index (χ0n) is 19.8. The minimum atomic E-state index is -0.566. The van der Waals surface area contributed by atoms with E-state index in [1.165, 1.54) is 0 Å². The number of carbonyl (C=O) groups is 2. The summed E-state index contributed by atoms with van der Waals surface area (Å²) in [7, 11) is 0. The van der Waals surface area contributed by atoms with E-state index in [1.54, 1.807) is 4.90 Å². The Bertz CT molecular complexity index is 964. The first-order valence-electron chi connectivity index (χ1n) is 11.7. The van der Waals surface area contributed by atoms with E-state index in [0.717, 1.165) is 16.7 Å². The van der Waals surface area contributed by atoms with Crippen molar-refractivity contribution >= 4 is 11.8 Å². The number of amides is 2. The molecule has 0 bridgehead atoms. The van der Waals surface area contributed by atoms with Crippen LogP contribution in [-0.2, 0) is 16.1 Å². The lowest BCUT2D eigenvalue weighted by atomic mass is 9.88. The van der Waals surface area contributed by atoms with Crippen molar-refractivity contribution in [1.29, 1.82) is 0 Å². The maximum Gasteiger partial charge on any atom is 0.242 e. The van der Waals surface area contributed by atoms with Crippen molar-refractivity contribution in [2.24, 2.45) is 5.92 Å². The number of benzene rings is 3. The summed E-state index contributed by atoms with van der Waals surface area (Å²) in [6, 6.07) is 29.5. The van der Waals surface area contributed by atoms with Gasteiger partial charge >= 0.3 is 0 Å². The van der Waals surface area contributed by atoms with Crippen molar-refractivity contribution in [2.45, 2.75) is 45.7 Å². The molecule has 0 saturated carbocycles. The summed E-state index contributed by atoms with van der Waals surface area (Å²) >= 11 is 0. The molecule has 1 atom stereocenters. The molecule has 4 heteroatoms. The van der Waals surface area contributed by atoms with E-state index in [1.807, 2.05) is 73.7 Å². The Balaban J connectivity index is 1.87. The summed E-state index contributed by atoms with van der Waals surface area (Å²) in [6.07, 6.45) is 0.294. The molecule has 0 aliphatic rings. The van der Waals surface area contributed by atoms with E-state index in [-0.39, 0.29) is 17.7 Å². The Labute approximate surface area is 197 Å². The van der Waals surface area contributed by atoms with Crippen LogP contribution in [0.2, 0.25) is 0 Å². The summed E-state index contributed by atoms with van der Waals surface area (Å²) in [4.78, 5) is 28.4. The second-order valence-electron chi connectivity index (χ2n) is 8.90. The van der Waals surface area contributed by atoms with Crippen molar-refractivity contribution in [3.63, 3.8) is 0 Å². The van der Waals surface area contributed by atoms with Gasteiger partial charge in [-0.25, -0.2) is 0 Å². The Morgan fingerprint density at radius 2 is 1.24 bits per heavy atom. The van der Waals surface area contributed by atoms with E-state index in [9.17, 15) is 9.59 Å². The van der Waals surface area contributed by atoms with Crippen LogP contribution in [0.25, 0.3) is 0 Å². The van der Waals surface area contributed by atoms with Gasteiger partial charge in [-0.1, -0.05) is 105 Å². The molecule has 3 rings (SSSR count). The third kappa shape index (κ3) is 7.04. The van der Waals surface area contributed by atoms with Crippen LogP contribution in [0.15, 0.2) is 91.0 Å². The van der Waals surface area contributed by atoms with E-state index in [2.05, 4.69) is 43.4 Å². The summed E-state index contributed by atoms with van der Waals surface area (Å²) < 4.78 is 0. The molecular formula is C29H34N2O2. The normalized spacial score (nSPS) is 11.9. The van der Waals surface area contributed by atoms with E-state index in [0.29, 0.717) is 25.4 Å². The second-order valence-corrected chi connectivity index (χ2v) is 8.90. The average molecular weight is 443 g/mol. The van der Waals surface area contributed by atoms with Gasteiger partial charge in [0.25, 0.3) is 0 Å². The van der Waals surface area contributed by atoms with Gasteiger partial charge in [0, 0.05) is 25.4 Å². The molecule has 172 valence electrons. The molecule has 0 fully saturated rings. The van der Waals surface area contributed by atoms with Crippen LogP contribution < -0.4 is 5.32 Å². The quantitative estimate of drug-likeness (QED) is 0.457. The fourth-order valence-corrected chi connectivity index (χ4v) is 3.91. The number of nitrogens with one attached hydrogen (secondary N) is 1. The lowest BCUT2D eigenvalue weighted by molar-refractivity contribution is -0.140. The topological polar surface area (TPSA) is 49.4 Å². The molecule has 0 radical (unpaired) electrons. The van der Waals surface area contributed by atoms with Gasteiger partial charge in [-0.3, -0.25) is 9.59 Å². The van der Waals surface area contributed by atoms with Gasteiger partial charge in [-0.2, -0.15) is 0 Å². The Hall–Kier alpha value is -3.40. The summed E-state index contributed by atoms with van der Waals surface area (Å²) in [6.45, 7) is 6.92. The van der Waals surface area contributed by atoms with Gasteiger partial charge in [-0.15, -0.1) is 0 Å². The summed E-state index contributed by atoms with van der Waals surface area (Å²) in [5.41, 5.74) is 3.19. The number of rotatable bonds is 10. The molecule has 1 unspecified atom stereocenters. The van der Waals surface area contributed by atoms with Crippen molar-refractivity contribution in [2.75, 3.05) is 6.54 Å². The minimum absolute atomic E-state index is 0.0382. The SMILES string of the molecule is CC(C)CNC(=O)C(C)N(Cc1ccccc1)C(=O)CC(c1ccccc1)c1ccccc1. The number of hydrogen-bond acceptors (Lipinski definition) is 2. The number of nitrogens with zero attached hydrogens (tertiary/aromatic N) is 1. The van der Waals surface area contributed by atoms with Crippen molar-refractivity contribution in [3.05, 3.63) is 108 Å². The molecule has 0 heterocycles. The molecule has 0 spiro atoms. The van der Waals surface area contributed by atoms with Gasteiger partial charge in [0.1, 0.15) is 6.04 Å². The fraction of sp³-hybridized carbons (Fsp3) is 0.310. The smallest absolute Gasteiger partial charge is 0.242 e. The maximum absolute atomic E-state index is 13.7. The first-order valence-corrected chi connectivity index (χ1v) is 11.7. The molecule has 0 aromatic heterocycles. The van der Waals surface area contributed by atoms with E-state index in [4.69, 9.17) is 0 Å². The minimum Gasteiger partial charge on any atom is -0.354 e. The molecule has 3 aromatic rings. The Morgan fingerprint density at radius 3 is 1.73 bits per heavy atom. The number of hydrogen-bond donors (Lipinski definition) is 1. The zero-order chi connectivity index (χ0) is 23.6. The largest absolute Gasteiger partial charge is 0.354 e. The Morgan fingerprint density at radius 1 is 0.758 bits per heavy atom. The van der Waals surface area contributed by atoms with Crippen LogP contribution in [-0.4, -0.2) is 29.3 Å². The maximum atomic E-state index is 13.7. The third-order valence-corrected chi connectivity index (χ3v) is 5.83. The molecule has 2 amide bonds.